The maximum Gasteiger partial charge on any atom is 0.0793 e. The van der Waals surface area contributed by atoms with Crippen LogP contribution >= 0.6 is 46.4 Å². The average Bonchev–Trinajstić information content (AvgIpc) is 2.48. The van der Waals surface area contributed by atoms with Gasteiger partial charge in [-0.2, -0.15) is 0 Å². The molecule has 0 radical (unpaired) electrons. The fourth-order valence-electron chi connectivity index (χ4n) is 1.50. The number of hydrogen-bond donors (Lipinski definition) is 0. The van der Waals surface area contributed by atoms with Gasteiger partial charge in [-0.15, -0.1) is 0 Å². The van der Waals surface area contributed by atoms with Crippen molar-refractivity contribution in [2.45, 2.75) is 0 Å². The maximum atomic E-state index is 6.12. The lowest BCUT2D eigenvalue weighted by Gasteiger charge is -2.22. The van der Waals surface area contributed by atoms with E-state index in [9.17, 15) is 0 Å². The van der Waals surface area contributed by atoms with E-state index in [1.54, 1.807) is 0 Å². The van der Waals surface area contributed by atoms with E-state index in [1.165, 1.54) is 0 Å². The zero-order chi connectivity index (χ0) is 11.0. The van der Waals surface area contributed by atoms with E-state index >= 15 is 0 Å². The SMILES string of the molecule is ClC1=C(Cl)C(Cl)=C(Cl)C2C=CC=CC=C12. The first kappa shape index (κ1) is 11.3. The van der Waals surface area contributed by atoms with Gasteiger partial charge in [0.15, 0.2) is 0 Å². The number of rotatable bonds is 0. The molecule has 2 aliphatic carbocycles. The smallest absolute Gasteiger partial charge is 0.0793 e. The van der Waals surface area contributed by atoms with E-state index in [1.807, 2.05) is 30.4 Å². The molecule has 1 atom stereocenters. The molecule has 0 N–H and O–H groups in total. The third-order valence-corrected chi connectivity index (χ3v) is 4.15. The Bertz CT molecular complexity index is 449. The van der Waals surface area contributed by atoms with Gasteiger partial charge in [-0.05, 0) is 5.57 Å². The molecule has 0 fully saturated rings. The van der Waals surface area contributed by atoms with Crippen molar-refractivity contribution in [2.24, 2.45) is 5.92 Å². The summed E-state index contributed by atoms with van der Waals surface area (Å²) >= 11 is 24.2. The lowest BCUT2D eigenvalue weighted by atomic mass is 9.93. The van der Waals surface area contributed by atoms with Crippen molar-refractivity contribution in [3.8, 4) is 0 Å². The van der Waals surface area contributed by atoms with Gasteiger partial charge in [0.2, 0.25) is 0 Å². The van der Waals surface area contributed by atoms with Gasteiger partial charge in [-0.25, -0.2) is 0 Å². The highest BCUT2D eigenvalue weighted by Gasteiger charge is 2.28. The fraction of sp³-hybridized carbons (Fsp3) is 0.0909. The third-order valence-electron chi connectivity index (χ3n) is 2.26. The minimum Gasteiger partial charge on any atom is -0.0864 e. The Labute approximate surface area is 108 Å². The molecular formula is C11H6Cl4. The molecule has 1 unspecified atom stereocenters. The van der Waals surface area contributed by atoms with Gasteiger partial charge in [0.05, 0.1) is 15.1 Å². The summed E-state index contributed by atoms with van der Waals surface area (Å²) in [5.74, 6) is -0.0934. The summed E-state index contributed by atoms with van der Waals surface area (Å²) in [6.07, 6.45) is 9.53. The van der Waals surface area contributed by atoms with Crippen molar-refractivity contribution in [3.05, 3.63) is 56.1 Å². The lowest BCUT2D eigenvalue weighted by molar-refractivity contribution is 0.959. The molecule has 4 heteroatoms. The van der Waals surface area contributed by atoms with Gasteiger partial charge in [0.25, 0.3) is 0 Å². The van der Waals surface area contributed by atoms with Crippen LogP contribution in [0.2, 0.25) is 0 Å². The molecule has 0 saturated carbocycles. The Hall–Kier alpha value is -0.140. The number of hydrogen-bond acceptors (Lipinski definition) is 0. The van der Waals surface area contributed by atoms with Crippen molar-refractivity contribution in [2.75, 3.05) is 0 Å². The van der Waals surface area contributed by atoms with Crippen LogP contribution in [-0.4, -0.2) is 0 Å². The van der Waals surface area contributed by atoms with Crippen LogP contribution in [0.3, 0.4) is 0 Å². The van der Waals surface area contributed by atoms with Gasteiger partial charge < -0.3 is 0 Å². The summed E-state index contributed by atoms with van der Waals surface area (Å²) in [5.41, 5.74) is 0.876. The molecule has 0 aromatic heterocycles. The summed E-state index contributed by atoms with van der Waals surface area (Å²) in [6.45, 7) is 0. The molecule has 0 nitrogen and oxygen atoms in total. The summed E-state index contributed by atoms with van der Waals surface area (Å²) in [5, 5.41) is 1.62. The molecule has 0 aromatic carbocycles. The van der Waals surface area contributed by atoms with Gasteiger partial charge in [-0.3, -0.25) is 0 Å². The van der Waals surface area contributed by atoms with E-state index in [4.69, 9.17) is 46.4 Å². The maximum absolute atomic E-state index is 6.12. The first-order chi connectivity index (χ1) is 7.13. The fourth-order valence-corrected chi connectivity index (χ4v) is 2.58. The molecule has 2 aliphatic rings. The molecule has 0 heterocycles. The highest BCUT2D eigenvalue weighted by molar-refractivity contribution is 6.52. The van der Waals surface area contributed by atoms with Crippen LogP contribution in [0.15, 0.2) is 56.1 Å². The van der Waals surface area contributed by atoms with E-state index in [0.29, 0.717) is 20.1 Å². The summed E-state index contributed by atoms with van der Waals surface area (Å²) < 4.78 is 0. The van der Waals surface area contributed by atoms with Crippen molar-refractivity contribution >= 4 is 46.4 Å². The minimum atomic E-state index is -0.0934. The monoisotopic (exact) mass is 278 g/mol. The molecular weight excluding hydrogens is 274 g/mol. The number of fused-ring (bicyclic) bond motifs is 1. The Morgan fingerprint density at radius 2 is 1.53 bits per heavy atom. The summed E-state index contributed by atoms with van der Waals surface area (Å²) in [7, 11) is 0. The van der Waals surface area contributed by atoms with Crippen LogP contribution in [0.25, 0.3) is 0 Å². The topological polar surface area (TPSA) is 0 Å². The lowest BCUT2D eigenvalue weighted by Crippen LogP contribution is -2.09. The molecule has 0 amide bonds. The summed E-state index contributed by atoms with van der Waals surface area (Å²) in [6, 6.07) is 0. The minimum absolute atomic E-state index is 0.0934. The predicted molar refractivity (Wildman–Crippen MR) is 67.3 cm³/mol. The van der Waals surface area contributed by atoms with Gasteiger partial charge >= 0.3 is 0 Å². The van der Waals surface area contributed by atoms with Crippen LogP contribution in [0.1, 0.15) is 0 Å². The predicted octanol–water partition coefficient (Wildman–Crippen LogP) is 5.05. The third kappa shape index (κ3) is 1.92. The van der Waals surface area contributed by atoms with Crippen LogP contribution in [-0.2, 0) is 0 Å². The Morgan fingerprint density at radius 1 is 0.800 bits per heavy atom. The zero-order valence-electron chi connectivity index (χ0n) is 7.48. The second kappa shape index (κ2) is 4.39. The van der Waals surface area contributed by atoms with Crippen LogP contribution < -0.4 is 0 Å². The Kier molecular flexibility index (Phi) is 3.32. The molecule has 15 heavy (non-hydrogen) atoms. The van der Waals surface area contributed by atoms with Crippen molar-refractivity contribution < 1.29 is 0 Å². The number of halogens is 4. The van der Waals surface area contributed by atoms with Gasteiger partial charge in [0.1, 0.15) is 0 Å². The standard InChI is InChI=1S/C11H6Cl4/c12-8-6-4-2-1-3-5-7(6)9(13)11(15)10(8)14/h1-6H. The normalized spacial score (nSPS) is 25.3. The van der Waals surface area contributed by atoms with Crippen LogP contribution in [0.5, 0.6) is 0 Å². The van der Waals surface area contributed by atoms with E-state index < -0.39 is 0 Å². The highest BCUT2D eigenvalue weighted by Crippen LogP contribution is 2.46. The first-order valence-electron chi connectivity index (χ1n) is 4.29. The van der Waals surface area contributed by atoms with Gasteiger partial charge in [0, 0.05) is 11.0 Å². The van der Waals surface area contributed by atoms with E-state index in [0.717, 1.165) is 5.57 Å². The van der Waals surface area contributed by atoms with Crippen molar-refractivity contribution in [3.63, 3.8) is 0 Å². The second-order valence-corrected chi connectivity index (χ2v) is 4.70. The van der Waals surface area contributed by atoms with Gasteiger partial charge in [-0.1, -0.05) is 76.8 Å². The Balaban J connectivity index is 2.62. The largest absolute Gasteiger partial charge is 0.0864 e. The zero-order valence-corrected chi connectivity index (χ0v) is 10.5. The molecule has 78 valence electrons. The molecule has 0 aromatic rings. The Morgan fingerprint density at radius 3 is 2.27 bits per heavy atom. The second-order valence-electron chi connectivity index (χ2n) is 3.16. The molecule has 0 aliphatic heterocycles. The number of allylic oxidation sites excluding steroid dienone is 10. The van der Waals surface area contributed by atoms with E-state index in [-0.39, 0.29) is 5.92 Å². The highest BCUT2D eigenvalue weighted by atomic mass is 35.5. The van der Waals surface area contributed by atoms with E-state index in [2.05, 4.69) is 0 Å². The quantitative estimate of drug-likeness (QED) is 0.582. The molecule has 2 rings (SSSR count). The van der Waals surface area contributed by atoms with Crippen LogP contribution in [0.4, 0.5) is 0 Å². The van der Waals surface area contributed by atoms with Crippen molar-refractivity contribution in [1.29, 1.82) is 0 Å². The summed E-state index contributed by atoms with van der Waals surface area (Å²) in [4.78, 5) is 0. The van der Waals surface area contributed by atoms with Crippen LogP contribution in [0, 0.1) is 5.92 Å². The molecule has 0 saturated heterocycles. The van der Waals surface area contributed by atoms with Crippen molar-refractivity contribution in [1.82, 2.24) is 0 Å². The average molecular weight is 280 g/mol. The first-order valence-corrected chi connectivity index (χ1v) is 5.80. The molecule has 0 spiro atoms. The molecule has 0 bridgehead atoms.